The molecule has 5 unspecified atom stereocenters. The summed E-state index contributed by atoms with van der Waals surface area (Å²) in [5.41, 5.74) is 3.87. The van der Waals surface area contributed by atoms with Crippen LogP contribution in [0.5, 0.6) is 0 Å². The molecule has 3 aliphatic carbocycles. The van der Waals surface area contributed by atoms with Crippen molar-refractivity contribution >= 4 is 34.4 Å². The van der Waals surface area contributed by atoms with Crippen molar-refractivity contribution in [3.8, 4) is 0 Å². The normalized spacial score (nSPS) is 27.2. The molecule has 1 saturated heterocycles. The van der Waals surface area contributed by atoms with Crippen LogP contribution >= 0.6 is 0 Å². The van der Waals surface area contributed by atoms with Crippen LogP contribution in [0.25, 0.3) is 0 Å². The van der Waals surface area contributed by atoms with Gasteiger partial charge in [0.05, 0.1) is 29.6 Å². The SMILES string of the molecule is CC1(C)C2CN(C(=O)[C@@H](NC(=O)NC3(CS(=O)Cc4ccco4)CCCCC3)C(C)(C)C)[C@H](C(O)NC(CC3CC3)C(=O)C(N)=O)C21. The summed E-state index contributed by atoms with van der Waals surface area (Å²) in [7, 11) is -1.27. The standard InChI is InChI=1S/C34H53N5O7S/c1-32(2,3)27(37-31(44)38-34(13-7-6-8-14-34)19-47(45)18-21-10-9-15-46-21)30(43)39-17-22-24(33(22,4)5)25(39)29(42)36-23(16-20-11-12-20)26(40)28(35)41/h9-10,15,20,22-25,27,29,36,42H,6-8,11-14,16-19H2,1-5H3,(H2,35,41)(H2,37,38,44)/t22?,23?,24?,25-,27+,29?,47?/m0/s1. The first-order valence-corrected chi connectivity index (χ1v) is 18.6. The number of carbonyl (C=O) groups is 4. The number of rotatable bonds is 14. The summed E-state index contributed by atoms with van der Waals surface area (Å²) in [5, 5.41) is 20.7. The van der Waals surface area contributed by atoms with Gasteiger partial charge >= 0.3 is 6.03 Å². The summed E-state index contributed by atoms with van der Waals surface area (Å²) in [5.74, 6) is -0.556. The van der Waals surface area contributed by atoms with Crippen molar-refractivity contribution in [3.05, 3.63) is 24.2 Å². The predicted molar refractivity (Wildman–Crippen MR) is 177 cm³/mol. The Morgan fingerprint density at radius 1 is 1.15 bits per heavy atom. The van der Waals surface area contributed by atoms with Gasteiger partial charge in [0.15, 0.2) is 0 Å². The van der Waals surface area contributed by atoms with E-state index in [4.69, 9.17) is 10.2 Å². The maximum absolute atomic E-state index is 14.4. The minimum absolute atomic E-state index is 0.0247. The molecule has 3 saturated carbocycles. The average molecular weight is 676 g/mol. The van der Waals surface area contributed by atoms with Gasteiger partial charge in [0.2, 0.25) is 11.7 Å². The van der Waals surface area contributed by atoms with Crippen molar-refractivity contribution in [2.75, 3.05) is 12.3 Å². The van der Waals surface area contributed by atoms with Gasteiger partial charge in [0.25, 0.3) is 5.91 Å². The third-order valence-electron chi connectivity index (χ3n) is 11.0. The van der Waals surface area contributed by atoms with Crippen LogP contribution in [0.3, 0.4) is 0 Å². The predicted octanol–water partition coefficient (Wildman–Crippen LogP) is 2.56. The molecule has 4 aliphatic rings. The summed E-state index contributed by atoms with van der Waals surface area (Å²) in [6.07, 6.45) is 6.81. The van der Waals surface area contributed by atoms with Crippen molar-refractivity contribution in [1.29, 1.82) is 0 Å². The summed E-state index contributed by atoms with van der Waals surface area (Å²) in [6, 6.07) is 0.536. The van der Waals surface area contributed by atoms with Gasteiger partial charge in [0, 0.05) is 23.1 Å². The number of fused-ring (bicyclic) bond motifs is 1. The smallest absolute Gasteiger partial charge is 0.315 e. The lowest BCUT2D eigenvalue weighted by molar-refractivity contribution is -0.142. The van der Waals surface area contributed by atoms with Crippen molar-refractivity contribution < 1.29 is 32.9 Å². The molecule has 12 nitrogen and oxygen atoms in total. The number of urea groups is 1. The van der Waals surface area contributed by atoms with E-state index in [9.17, 15) is 28.5 Å². The number of aliphatic hydroxyl groups is 1. The molecule has 0 radical (unpaired) electrons. The molecule has 47 heavy (non-hydrogen) atoms. The Bertz CT molecular complexity index is 1350. The number of primary amides is 1. The van der Waals surface area contributed by atoms with Crippen molar-refractivity contribution in [1.82, 2.24) is 20.9 Å². The van der Waals surface area contributed by atoms with Gasteiger partial charge in [-0.3, -0.25) is 23.9 Å². The molecule has 4 amide bonds. The van der Waals surface area contributed by atoms with E-state index in [2.05, 4.69) is 29.8 Å². The number of nitrogens with two attached hydrogens (primary N) is 1. The molecule has 6 N–H and O–H groups in total. The third-order valence-corrected chi connectivity index (χ3v) is 12.4. The fourth-order valence-electron chi connectivity index (χ4n) is 8.03. The first-order valence-electron chi connectivity index (χ1n) is 17.1. The zero-order valence-electron chi connectivity index (χ0n) is 28.4. The maximum atomic E-state index is 14.4. The molecule has 0 aromatic carbocycles. The minimum Gasteiger partial charge on any atom is -0.468 e. The molecule has 4 fully saturated rings. The number of furan rings is 1. The van der Waals surface area contributed by atoms with Crippen LogP contribution in [0.4, 0.5) is 4.79 Å². The highest BCUT2D eigenvalue weighted by molar-refractivity contribution is 7.84. The zero-order chi connectivity index (χ0) is 34.3. The fraction of sp³-hybridized carbons (Fsp3) is 0.765. The molecule has 0 spiro atoms. The summed E-state index contributed by atoms with van der Waals surface area (Å²) in [6.45, 7) is 10.3. The van der Waals surface area contributed by atoms with Crippen LogP contribution in [0.1, 0.15) is 91.7 Å². The molecule has 1 aliphatic heterocycles. The van der Waals surface area contributed by atoms with Crippen LogP contribution in [-0.4, -0.2) is 80.0 Å². The van der Waals surface area contributed by atoms with Crippen LogP contribution in [0, 0.1) is 28.6 Å². The topological polar surface area (TPSA) is 184 Å². The van der Waals surface area contributed by atoms with E-state index in [1.54, 1.807) is 23.3 Å². The molecule has 13 heteroatoms. The number of hydrogen-bond acceptors (Lipinski definition) is 8. The summed E-state index contributed by atoms with van der Waals surface area (Å²) < 4.78 is 18.6. The number of ketones is 1. The number of aliphatic hydroxyl groups excluding tert-OH is 1. The second-order valence-corrected chi connectivity index (χ2v) is 17.5. The monoisotopic (exact) mass is 675 g/mol. The molecule has 0 bridgehead atoms. The highest BCUT2D eigenvalue weighted by Crippen LogP contribution is 2.65. The number of carbonyl (C=O) groups excluding carboxylic acids is 4. The minimum atomic E-state index is -1.27. The Balaban J connectivity index is 1.31. The van der Waals surface area contributed by atoms with E-state index in [1.807, 2.05) is 20.8 Å². The molecule has 262 valence electrons. The van der Waals surface area contributed by atoms with E-state index in [0.29, 0.717) is 31.6 Å². The number of nitrogens with one attached hydrogen (secondary N) is 3. The van der Waals surface area contributed by atoms with Gasteiger partial charge in [0.1, 0.15) is 18.0 Å². The zero-order valence-corrected chi connectivity index (χ0v) is 29.2. The quantitative estimate of drug-likeness (QED) is 0.147. The van der Waals surface area contributed by atoms with E-state index in [-0.39, 0.29) is 40.6 Å². The van der Waals surface area contributed by atoms with Crippen LogP contribution in [0.2, 0.25) is 0 Å². The lowest BCUT2D eigenvalue weighted by Crippen LogP contribution is -2.64. The highest BCUT2D eigenvalue weighted by atomic mass is 32.2. The van der Waals surface area contributed by atoms with Gasteiger partial charge < -0.3 is 30.8 Å². The van der Waals surface area contributed by atoms with Crippen molar-refractivity contribution in [3.63, 3.8) is 0 Å². The van der Waals surface area contributed by atoms with Crippen molar-refractivity contribution in [2.45, 2.75) is 122 Å². The number of amides is 4. The number of hydrogen-bond donors (Lipinski definition) is 5. The van der Waals surface area contributed by atoms with Crippen LogP contribution in [0.15, 0.2) is 22.8 Å². The Labute approximate surface area is 280 Å². The Hall–Kier alpha value is -2.77. The molecule has 2 heterocycles. The Morgan fingerprint density at radius 3 is 2.40 bits per heavy atom. The number of piperidine rings is 1. The molecule has 7 atom stereocenters. The molecular weight excluding hydrogens is 622 g/mol. The molecule has 1 aromatic heterocycles. The number of nitrogens with zero attached hydrogens (tertiary/aromatic N) is 1. The average Bonchev–Trinajstić information content (AvgIpc) is 3.70. The third kappa shape index (κ3) is 8.10. The fourth-order valence-corrected chi connectivity index (χ4v) is 9.59. The van der Waals surface area contributed by atoms with Crippen molar-refractivity contribution in [2.24, 2.45) is 34.3 Å². The largest absolute Gasteiger partial charge is 0.468 e. The second kappa shape index (κ2) is 13.6. The van der Waals surface area contributed by atoms with Crippen LogP contribution < -0.4 is 21.7 Å². The summed E-state index contributed by atoms with van der Waals surface area (Å²) in [4.78, 5) is 54.3. The van der Waals surface area contributed by atoms with Gasteiger partial charge in [-0.2, -0.15) is 0 Å². The van der Waals surface area contributed by atoms with E-state index >= 15 is 0 Å². The molecule has 5 rings (SSSR count). The van der Waals surface area contributed by atoms with E-state index in [1.165, 1.54) is 0 Å². The lowest BCUT2D eigenvalue weighted by atomic mass is 9.83. The molecule has 1 aromatic rings. The van der Waals surface area contributed by atoms with Crippen LogP contribution in [-0.2, 0) is 30.9 Å². The van der Waals surface area contributed by atoms with E-state index in [0.717, 1.165) is 32.1 Å². The Kier molecular flexibility index (Phi) is 10.3. The van der Waals surface area contributed by atoms with Gasteiger partial charge in [-0.25, -0.2) is 4.79 Å². The first kappa shape index (κ1) is 35.5. The number of likely N-dealkylation sites (tertiary alicyclic amines) is 1. The maximum Gasteiger partial charge on any atom is 0.315 e. The lowest BCUT2D eigenvalue weighted by Gasteiger charge is -2.41. The highest BCUT2D eigenvalue weighted by Gasteiger charge is 2.69. The number of Topliss-reactive ketones (excluding diaryl/α,β-unsaturated/α-hetero) is 1. The summed E-state index contributed by atoms with van der Waals surface area (Å²) >= 11 is 0. The Morgan fingerprint density at radius 2 is 1.83 bits per heavy atom. The van der Waals surface area contributed by atoms with E-state index < -0.39 is 63.8 Å². The molecular formula is C34H53N5O7S. The van der Waals surface area contributed by atoms with Gasteiger partial charge in [-0.15, -0.1) is 0 Å². The second-order valence-electron chi connectivity index (χ2n) is 16.1. The van der Waals surface area contributed by atoms with Gasteiger partial charge in [-0.1, -0.05) is 66.7 Å². The van der Waals surface area contributed by atoms with Gasteiger partial charge in [-0.05, 0) is 60.0 Å². The first-order chi connectivity index (χ1) is 22.0.